The van der Waals surface area contributed by atoms with Crippen molar-refractivity contribution in [1.82, 2.24) is 0 Å². The number of carbonyl (C=O) groups is 1. The molecule has 0 saturated carbocycles. The van der Waals surface area contributed by atoms with Gasteiger partial charge in [-0.1, -0.05) is 0 Å². The lowest BCUT2D eigenvalue weighted by Gasteiger charge is -2.04. The van der Waals surface area contributed by atoms with Crippen molar-refractivity contribution in [3.05, 3.63) is 0 Å². The number of nitrogens with zero attached hydrogens (tertiary/aromatic N) is 3. The van der Waals surface area contributed by atoms with Gasteiger partial charge in [-0.25, -0.2) is 0 Å². The lowest BCUT2D eigenvalue weighted by Crippen LogP contribution is -2.36. The molecule has 0 saturated heterocycles. The first-order chi connectivity index (χ1) is 5.63. The third-order valence-electron chi connectivity index (χ3n) is 1.14. The second-order valence-corrected chi connectivity index (χ2v) is 2.83. The van der Waals surface area contributed by atoms with Crippen LogP contribution in [0.5, 0.6) is 0 Å². The van der Waals surface area contributed by atoms with Gasteiger partial charge in [0.15, 0.2) is 6.04 Å². The van der Waals surface area contributed by atoms with Crippen molar-refractivity contribution in [3.63, 3.8) is 0 Å². The summed E-state index contributed by atoms with van der Waals surface area (Å²) in [5, 5.41) is 9.57. The molecule has 1 rings (SSSR count). The summed E-state index contributed by atoms with van der Waals surface area (Å²) in [5.41, 5.74) is 4.85. The fourth-order valence-corrected chi connectivity index (χ4v) is 1.10. The zero-order valence-corrected chi connectivity index (χ0v) is 6.52. The monoisotopic (exact) mass is 188 g/mol. The number of primary amides is 1. The van der Waals surface area contributed by atoms with Gasteiger partial charge in [-0.3, -0.25) is 4.79 Å². The van der Waals surface area contributed by atoms with Crippen LogP contribution in [0.3, 0.4) is 0 Å². The number of carbonyl (C=O) groups excluding carboxylic acids is 1. The first-order valence-electron chi connectivity index (χ1n) is 2.81. The van der Waals surface area contributed by atoms with Crippen LogP contribution in [0.15, 0.2) is 15.4 Å². The maximum Gasteiger partial charge on any atom is 0.249 e. The molecule has 0 fully saturated rings. The Labute approximate surface area is 68.5 Å². The van der Waals surface area contributed by atoms with Crippen LogP contribution >= 0.6 is 0 Å². The quantitative estimate of drug-likeness (QED) is 0.496. The molecule has 1 atom stereocenters. The van der Waals surface area contributed by atoms with E-state index in [-0.39, 0.29) is 4.86 Å². The molecule has 2 N–H and O–H groups in total. The molecule has 1 heterocycles. The van der Waals surface area contributed by atoms with E-state index < -0.39 is 22.2 Å². The van der Waals surface area contributed by atoms with Crippen LogP contribution in [0.25, 0.3) is 0 Å². The van der Waals surface area contributed by atoms with Gasteiger partial charge in [0.05, 0.1) is 6.21 Å². The third-order valence-corrected chi connectivity index (χ3v) is 1.85. The lowest BCUT2D eigenvalue weighted by molar-refractivity contribution is -0.117. The van der Waals surface area contributed by atoms with E-state index in [1.54, 1.807) is 0 Å². The minimum atomic E-state index is -2.54. The smallest absolute Gasteiger partial charge is 0.249 e. The molecule has 0 spiro atoms. The van der Waals surface area contributed by atoms with Crippen molar-refractivity contribution < 1.29 is 13.2 Å². The van der Waals surface area contributed by atoms with Crippen molar-refractivity contribution in [2.24, 2.45) is 21.2 Å². The van der Waals surface area contributed by atoms with E-state index >= 15 is 0 Å². The van der Waals surface area contributed by atoms with E-state index in [1.165, 1.54) is 0 Å². The SMILES string of the molecule is NC(=O)C1N=NN=CC1=S(=O)=O. The van der Waals surface area contributed by atoms with Crippen molar-refractivity contribution in [2.75, 3.05) is 0 Å². The van der Waals surface area contributed by atoms with Crippen molar-refractivity contribution in [2.45, 2.75) is 6.04 Å². The van der Waals surface area contributed by atoms with Gasteiger partial charge in [0.2, 0.25) is 16.2 Å². The Kier molecular flexibility index (Phi) is 2.29. The number of amides is 1. The van der Waals surface area contributed by atoms with E-state index in [1.807, 2.05) is 0 Å². The van der Waals surface area contributed by atoms with Crippen LogP contribution in [-0.4, -0.2) is 31.4 Å². The predicted octanol–water partition coefficient (Wildman–Crippen LogP) is -1.66. The number of hydrogen-bond donors (Lipinski definition) is 1. The van der Waals surface area contributed by atoms with Crippen LogP contribution in [0.2, 0.25) is 0 Å². The molecule has 64 valence electrons. The molecule has 1 aliphatic heterocycles. The number of nitrogens with two attached hydrogens (primary N) is 1. The van der Waals surface area contributed by atoms with Crippen molar-refractivity contribution in [1.29, 1.82) is 0 Å². The maximum absolute atomic E-state index is 10.6. The van der Waals surface area contributed by atoms with Gasteiger partial charge in [0, 0.05) is 0 Å². The first kappa shape index (κ1) is 8.53. The summed E-state index contributed by atoms with van der Waals surface area (Å²) in [6, 6.07) is -1.24. The summed E-state index contributed by atoms with van der Waals surface area (Å²) in [6.07, 6.45) is 0.936. The highest BCUT2D eigenvalue weighted by Gasteiger charge is 2.23. The average Bonchev–Trinajstić information content (AvgIpc) is 2.04. The molecular formula is C4H4N4O3S. The molecule has 0 bridgehead atoms. The first-order valence-corrected chi connectivity index (χ1v) is 3.89. The average molecular weight is 188 g/mol. The topological polar surface area (TPSA) is 114 Å². The molecule has 0 aromatic heterocycles. The predicted molar refractivity (Wildman–Crippen MR) is 40.3 cm³/mol. The van der Waals surface area contributed by atoms with E-state index in [9.17, 15) is 13.2 Å². The Morgan fingerprint density at radius 2 is 2.25 bits per heavy atom. The second-order valence-electron chi connectivity index (χ2n) is 1.89. The molecule has 8 heteroatoms. The Morgan fingerprint density at radius 3 is 2.67 bits per heavy atom. The Hall–Kier alpha value is -1.57. The Balaban J connectivity index is 3.19. The molecule has 1 aliphatic rings. The van der Waals surface area contributed by atoms with Crippen LogP contribution in [0.4, 0.5) is 0 Å². The third kappa shape index (κ3) is 1.53. The Morgan fingerprint density at radius 1 is 1.58 bits per heavy atom. The van der Waals surface area contributed by atoms with Crippen LogP contribution in [0, 0.1) is 0 Å². The minimum absolute atomic E-state index is 0.266. The highest BCUT2D eigenvalue weighted by Crippen LogP contribution is 1.98. The maximum atomic E-state index is 10.6. The molecule has 0 aliphatic carbocycles. The summed E-state index contributed by atoms with van der Waals surface area (Å²) in [7, 11) is -2.54. The van der Waals surface area contributed by atoms with Gasteiger partial charge in [-0.2, -0.15) is 8.42 Å². The van der Waals surface area contributed by atoms with Crippen LogP contribution in [0.1, 0.15) is 0 Å². The summed E-state index contributed by atoms with van der Waals surface area (Å²) < 4.78 is 20.9. The van der Waals surface area contributed by atoms with Crippen molar-refractivity contribution in [3.8, 4) is 0 Å². The number of rotatable bonds is 1. The zero-order valence-electron chi connectivity index (χ0n) is 5.71. The fourth-order valence-electron chi connectivity index (χ4n) is 0.623. The summed E-state index contributed by atoms with van der Waals surface area (Å²) in [4.78, 5) is 10.3. The van der Waals surface area contributed by atoms with Gasteiger partial charge < -0.3 is 5.73 Å². The molecule has 0 aromatic carbocycles. The second kappa shape index (κ2) is 3.22. The molecule has 0 radical (unpaired) electrons. The van der Waals surface area contributed by atoms with Gasteiger partial charge in [-0.05, 0) is 5.22 Å². The molecule has 12 heavy (non-hydrogen) atoms. The fraction of sp³-hybridized carbons (Fsp3) is 0.250. The van der Waals surface area contributed by atoms with E-state index in [4.69, 9.17) is 5.73 Å². The summed E-state index contributed by atoms with van der Waals surface area (Å²) in [6.45, 7) is 0. The summed E-state index contributed by atoms with van der Waals surface area (Å²) >= 11 is 0. The number of hydrogen-bond acceptors (Lipinski definition) is 6. The summed E-state index contributed by atoms with van der Waals surface area (Å²) in [5.74, 6) is -0.871. The highest BCUT2D eigenvalue weighted by molar-refractivity contribution is 7.74. The largest absolute Gasteiger partial charge is 0.367 e. The van der Waals surface area contributed by atoms with Gasteiger partial charge >= 0.3 is 0 Å². The lowest BCUT2D eigenvalue weighted by atomic mass is 10.2. The van der Waals surface area contributed by atoms with Crippen molar-refractivity contribution >= 4 is 27.3 Å². The normalized spacial score (nSPS) is 21.0. The van der Waals surface area contributed by atoms with E-state index in [0.717, 1.165) is 6.21 Å². The van der Waals surface area contributed by atoms with E-state index in [2.05, 4.69) is 15.4 Å². The molecular weight excluding hydrogens is 184 g/mol. The van der Waals surface area contributed by atoms with Crippen LogP contribution in [-0.2, 0) is 15.1 Å². The van der Waals surface area contributed by atoms with E-state index in [0.29, 0.717) is 0 Å². The van der Waals surface area contributed by atoms with Crippen LogP contribution < -0.4 is 5.73 Å². The standard InChI is InChI=1S/C4H4N4O3S/c5-4(9)3-2(12(10)11)1-6-8-7-3/h1,3H,(H2,5,9). The van der Waals surface area contributed by atoms with Gasteiger partial charge in [-0.15, -0.1) is 10.2 Å². The minimum Gasteiger partial charge on any atom is -0.367 e. The molecule has 7 nitrogen and oxygen atoms in total. The Bertz CT molecular complexity index is 385. The zero-order chi connectivity index (χ0) is 9.14. The van der Waals surface area contributed by atoms with Gasteiger partial charge in [0.25, 0.3) is 0 Å². The highest BCUT2D eigenvalue weighted by atomic mass is 32.2. The van der Waals surface area contributed by atoms with Gasteiger partial charge in [0.1, 0.15) is 4.86 Å². The molecule has 1 unspecified atom stereocenters. The molecule has 0 aromatic rings. The molecule has 1 amide bonds.